The van der Waals surface area contributed by atoms with Crippen LogP contribution in [0.25, 0.3) is 0 Å². The van der Waals surface area contributed by atoms with Gasteiger partial charge in [0, 0.05) is 31.5 Å². The normalized spacial score (nSPS) is 23.8. The zero-order valence-corrected chi connectivity index (χ0v) is 20.5. The summed E-state index contributed by atoms with van der Waals surface area (Å²) in [6.45, 7) is 7.49. The summed E-state index contributed by atoms with van der Waals surface area (Å²) >= 11 is 0. The minimum atomic E-state index is -3.56. The number of carbonyl (C=O) groups is 1. The first-order valence-corrected chi connectivity index (χ1v) is 13.6. The van der Waals surface area contributed by atoms with E-state index in [1.807, 2.05) is 20.8 Å². The molecule has 0 radical (unpaired) electrons. The number of nitrogens with zero attached hydrogens (tertiary/aromatic N) is 4. The van der Waals surface area contributed by atoms with Gasteiger partial charge in [-0.2, -0.15) is 0 Å². The molecule has 1 saturated carbocycles. The van der Waals surface area contributed by atoms with Gasteiger partial charge in [0.15, 0.2) is 0 Å². The van der Waals surface area contributed by atoms with E-state index in [-0.39, 0.29) is 22.0 Å². The molecule has 2 heterocycles. The molecule has 1 atom stereocenters. The Labute approximate surface area is 191 Å². The first kappa shape index (κ1) is 23.3. The molecular formula is C23H36N4O4S. The Kier molecular flexibility index (Phi) is 5.92. The summed E-state index contributed by atoms with van der Waals surface area (Å²) in [6.07, 6.45) is 9.13. The van der Waals surface area contributed by atoms with Gasteiger partial charge in [0.1, 0.15) is 5.82 Å². The molecule has 1 N–H and O–H groups in total. The number of hydrogen-bond donors (Lipinski definition) is 1. The van der Waals surface area contributed by atoms with Crippen molar-refractivity contribution in [1.82, 2.24) is 14.9 Å². The number of fused-ring (bicyclic) bond motifs is 1. The molecule has 2 aliphatic carbocycles. The average Bonchev–Trinajstić information content (AvgIpc) is 2.71. The van der Waals surface area contributed by atoms with Crippen LogP contribution in [0.1, 0.15) is 70.6 Å². The highest BCUT2D eigenvalue weighted by Gasteiger charge is 2.42. The van der Waals surface area contributed by atoms with Crippen molar-refractivity contribution in [2.45, 2.75) is 83.3 Å². The molecule has 1 unspecified atom stereocenters. The van der Waals surface area contributed by atoms with E-state index in [0.29, 0.717) is 25.5 Å². The summed E-state index contributed by atoms with van der Waals surface area (Å²) in [5.74, 6) is 0.695. The van der Waals surface area contributed by atoms with Gasteiger partial charge in [-0.15, -0.1) is 0 Å². The molecule has 0 aromatic carbocycles. The third-order valence-corrected chi connectivity index (χ3v) is 8.52. The second-order valence-electron chi connectivity index (χ2n) is 11.1. The molecule has 1 aromatic heterocycles. The maximum atomic E-state index is 12.5. The van der Waals surface area contributed by atoms with Crippen LogP contribution in [-0.2, 0) is 22.7 Å². The third-order valence-electron chi connectivity index (χ3n) is 7.67. The summed E-state index contributed by atoms with van der Waals surface area (Å²) in [5, 5.41) is 9.61. The van der Waals surface area contributed by atoms with Crippen LogP contribution < -0.4 is 4.90 Å². The van der Waals surface area contributed by atoms with Gasteiger partial charge in [-0.25, -0.2) is 23.2 Å². The Morgan fingerprint density at radius 3 is 2.38 bits per heavy atom. The lowest BCUT2D eigenvalue weighted by molar-refractivity contribution is 0.0745. The summed E-state index contributed by atoms with van der Waals surface area (Å²) < 4.78 is 24.9. The molecule has 32 heavy (non-hydrogen) atoms. The maximum Gasteiger partial charge on any atom is 0.407 e. The zero-order chi connectivity index (χ0) is 23.3. The second-order valence-corrected chi connectivity index (χ2v) is 13.0. The lowest BCUT2D eigenvalue weighted by Crippen LogP contribution is -2.60. The highest BCUT2D eigenvalue weighted by Crippen LogP contribution is 2.47. The summed E-state index contributed by atoms with van der Waals surface area (Å²) in [7, 11) is -3.56. The van der Waals surface area contributed by atoms with Gasteiger partial charge in [-0.3, -0.25) is 0 Å². The number of amides is 1. The molecule has 1 saturated heterocycles. The van der Waals surface area contributed by atoms with E-state index in [2.05, 4.69) is 14.9 Å². The highest BCUT2D eigenvalue weighted by molar-refractivity contribution is 7.90. The van der Waals surface area contributed by atoms with Gasteiger partial charge >= 0.3 is 6.09 Å². The summed E-state index contributed by atoms with van der Waals surface area (Å²) in [5.41, 5.74) is 1.93. The number of aromatic nitrogens is 2. The first-order valence-electron chi connectivity index (χ1n) is 11.7. The molecule has 1 aliphatic heterocycles. The highest BCUT2D eigenvalue weighted by atomic mass is 32.2. The van der Waals surface area contributed by atoms with Crippen LogP contribution in [0.3, 0.4) is 0 Å². The van der Waals surface area contributed by atoms with Crippen LogP contribution in [0.5, 0.6) is 0 Å². The predicted molar refractivity (Wildman–Crippen MR) is 123 cm³/mol. The van der Waals surface area contributed by atoms with Gasteiger partial charge in [-0.05, 0) is 42.9 Å². The number of sulfone groups is 1. The van der Waals surface area contributed by atoms with Crippen molar-refractivity contribution in [2.75, 3.05) is 30.8 Å². The van der Waals surface area contributed by atoms with E-state index in [1.54, 1.807) is 0 Å². The van der Waals surface area contributed by atoms with E-state index >= 15 is 0 Å². The number of carboxylic acid groups (broad SMARTS) is 1. The predicted octanol–water partition coefficient (Wildman–Crippen LogP) is 3.53. The van der Waals surface area contributed by atoms with Crippen LogP contribution >= 0.6 is 0 Å². The largest absolute Gasteiger partial charge is 0.465 e. The summed E-state index contributed by atoms with van der Waals surface area (Å²) in [6, 6.07) is -0.214. The monoisotopic (exact) mass is 464 g/mol. The molecule has 2 fully saturated rings. The third kappa shape index (κ3) is 4.45. The van der Waals surface area contributed by atoms with Crippen LogP contribution in [0.15, 0.2) is 5.16 Å². The van der Waals surface area contributed by atoms with E-state index in [9.17, 15) is 18.3 Å². The fourth-order valence-corrected chi connectivity index (χ4v) is 6.36. The zero-order valence-electron chi connectivity index (χ0n) is 19.7. The van der Waals surface area contributed by atoms with Crippen molar-refractivity contribution in [3.05, 3.63) is 11.3 Å². The maximum absolute atomic E-state index is 12.5. The lowest BCUT2D eigenvalue weighted by atomic mass is 9.65. The molecule has 1 aromatic rings. The molecular weight excluding hydrogens is 428 g/mol. The molecule has 3 aliphatic rings. The van der Waals surface area contributed by atoms with Crippen LogP contribution in [-0.4, -0.2) is 66.4 Å². The Hall–Kier alpha value is -1.90. The fourth-order valence-electron chi connectivity index (χ4n) is 5.83. The SMILES string of the molecule is CC(C)(C)C1CN(c2nc(S(C)(=O)=O)nc3c2CCC2(CCCCC2)C3)CCN1C(=O)O. The summed E-state index contributed by atoms with van der Waals surface area (Å²) in [4.78, 5) is 24.6. The molecule has 8 nitrogen and oxygen atoms in total. The Bertz CT molecular complexity index is 996. The topological polar surface area (TPSA) is 104 Å². The van der Waals surface area contributed by atoms with Crippen molar-refractivity contribution in [1.29, 1.82) is 0 Å². The van der Waals surface area contributed by atoms with Crippen molar-refractivity contribution < 1.29 is 18.3 Å². The molecule has 4 rings (SSSR count). The van der Waals surface area contributed by atoms with Gasteiger partial charge in [0.25, 0.3) is 0 Å². The molecule has 0 bridgehead atoms. The Morgan fingerprint density at radius 1 is 1.09 bits per heavy atom. The minimum absolute atomic E-state index is 0.105. The first-order chi connectivity index (χ1) is 14.9. The van der Waals surface area contributed by atoms with Crippen molar-refractivity contribution in [2.24, 2.45) is 10.8 Å². The van der Waals surface area contributed by atoms with E-state index in [1.165, 1.54) is 37.0 Å². The van der Waals surface area contributed by atoms with Crippen molar-refractivity contribution in [3.8, 4) is 0 Å². The van der Waals surface area contributed by atoms with Crippen molar-refractivity contribution >= 4 is 21.7 Å². The fraction of sp³-hybridized carbons (Fsp3) is 0.783. The standard InChI is InChI=1S/C23H36N4O4S/c1-22(2,3)18-15-26(12-13-27(18)21(28)29)19-16-8-11-23(9-6-5-7-10-23)14-17(16)24-20(25-19)32(4,30)31/h18H,5-15H2,1-4H3,(H,28,29). The van der Waals surface area contributed by atoms with Gasteiger partial charge in [-0.1, -0.05) is 40.0 Å². The quantitative estimate of drug-likeness (QED) is 0.668. The molecule has 9 heteroatoms. The lowest BCUT2D eigenvalue weighted by Gasteiger charge is -2.47. The van der Waals surface area contributed by atoms with Gasteiger partial charge < -0.3 is 14.9 Å². The molecule has 1 amide bonds. The molecule has 178 valence electrons. The van der Waals surface area contributed by atoms with Gasteiger partial charge in [0.2, 0.25) is 15.0 Å². The molecule has 1 spiro atoms. The van der Waals surface area contributed by atoms with Crippen LogP contribution in [0, 0.1) is 10.8 Å². The van der Waals surface area contributed by atoms with E-state index in [4.69, 9.17) is 0 Å². The average molecular weight is 465 g/mol. The van der Waals surface area contributed by atoms with E-state index < -0.39 is 15.9 Å². The van der Waals surface area contributed by atoms with Crippen molar-refractivity contribution in [3.63, 3.8) is 0 Å². The number of piperazine rings is 1. The number of anilines is 1. The van der Waals surface area contributed by atoms with Crippen LogP contribution in [0.4, 0.5) is 10.6 Å². The number of rotatable bonds is 2. The Morgan fingerprint density at radius 2 is 1.78 bits per heavy atom. The second kappa shape index (κ2) is 8.15. The number of hydrogen-bond acceptors (Lipinski definition) is 6. The minimum Gasteiger partial charge on any atom is -0.465 e. The van der Waals surface area contributed by atoms with E-state index in [0.717, 1.165) is 36.8 Å². The van der Waals surface area contributed by atoms with Crippen LogP contribution in [0.2, 0.25) is 0 Å². The Balaban J connectivity index is 1.74. The van der Waals surface area contributed by atoms with Gasteiger partial charge in [0.05, 0.1) is 11.7 Å². The smallest absolute Gasteiger partial charge is 0.407 e.